The molecule has 0 bridgehead atoms. The summed E-state index contributed by atoms with van der Waals surface area (Å²) >= 11 is 0. The molecule has 0 heterocycles. The number of hydrogen-bond donors (Lipinski definition) is 3. The van der Waals surface area contributed by atoms with Crippen LogP contribution in [0.4, 0.5) is 5.69 Å². The Morgan fingerprint density at radius 2 is 2.14 bits per heavy atom. The Morgan fingerprint density at radius 1 is 1.38 bits per heavy atom. The Bertz CT molecular complexity index is 618. The van der Waals surface area contributed by atoms with Crippen molar-refractivity contribution in [2.45, 2.75) is 13.3 Å². The van der Waals surface area contributed by atoms with E-state index in [2.05, 4.69) is 21.3 Å². The second kappa shape index (κ2) is 8.64. The average molecular weight is 312 g/mol. The van der Waals surface area contributed by atoms with Crippen LogP contribution in [-0.2, 0) is 14.9 Å². The number of rotatable bonds is 7. The fourth-order valence-corrected chi connectivity index (χ4v) is 2.36. The molecule has 21 heavy (non-hydrogen) atoms. The molecule has 3 N–H and O–H groups in total. The molecule has 0 amide bonds. The smallest absolute Gasteiger partial charge is 0.299 e. The summed E-state index contributed by atoms with van der Waals surface area (Å²) in [6.45, 7) is 2.38. The molecule has 0 unspecified atom stereocenters. The molecule has 0 aliphatic carbocycles. The van der Waals surface area contributed by atoms with Gasteiger partial charge in [0.15, 0.2) is 0 Å². The first-order chi connectivity index (χ1) is 9.98. The molecule has 0 fully saturated rings. The molecule has 7 heteroatoms. The van der Waals surface area contributed by atoms with Crippen molar-refractivity contribution in [3.8, 4) is 11.8 Å². The molecule has 1 rings (SSSR count). The van der Waals surface area contributed by atoms with Gasteiger partial charge in [0, 0.05) is 25.6 Å². The first-order valence-electron chi connectivity index (χ1n) is 6.45. The number of aryl methyl sites for hydroxylation is 1. The maximum atomic E-state index is 11.8. The summed E-state index contributed by atoms with van der Waals surface area (Å²) in [5, 5.41) is 8.71. The van der Waals surface area contributed by atoms with Crippen LogP contribution in [0.3, 0.4) is 0 Å². The fourth-order valence-electron chi connectivity index (χ4n) is 1.50. The second-order valence-electron chi connectivity index (χ2n) is 4.30. The van der Waals surface area contributed by atoms with Crippen molar-refractivity contribution in [3.63, 3.8) is 0 Å². The third-order valence-electron chi connectivity index (χ3n) is 2.55. The normalized spacial score (nSPS) is 10.8. The lowest BCUT2D eigenvalue weighted by atomic mass is 10.1. The van der Waals surface area contributed by atoms with Gasteiger partial charge in [-0.15, -0.1) is 0 Å². The van der Waals surface area contributed by atoms with E-state index in [9.17, 15) is 8.42 Å². The van der Waals surface area contributed by atoms with Crippen LogP contribution in [0.2, 0.25) is 0 Å². The molecule has 0 radical (unpaired) electrons. The Labute approximate surface area is 125 Å². The number of ether oxygens (including phenoxy) is 1. The van der Waals surface area contributed by atoms with Gasteiger partial charge in [0.05, 0.1) is 18.9 Å². The highest BCUT2D eigenvalue weighted by molar-refractivity contribution is 7.90. The van der Waals surface area contributed by atoms with Crippen molar-refractivity contribution in [1.82, 2.24) is 4.72 Å². The Morgan fingerprint density at radius 3 is 2.81 bits per heavy atom. The van der Waals surface area contributed by atoms with Crippen LogP contribution >= 0.6 is 0 Å². The van der Waals surface area contributed by atoms with Crippen molar-refractivity contribution < 1.29 is 18.3 Å². The van der Waals surface area contributed by atoms with Gasteiger partial charge in [0.2, 0.25) is 0 Å². The molecule has 0 saturated carbocycles. The van der Waals surface area contributed by atoms with Crippen LogP contribution in [0, 0.1) is 18.8 Å². The van der Waals surface area contributed by atoms with E-state index < -0.39 is 10.2 Å². The van der Waals surface area contributed by atoms with Gasteiger partial charge in [-0.25, -0.2) is 0 Å². The minimum atomic E-state index is -3.63. The standard InChI is InChI=1S/C14H20N2O4S/c1-12-6-7-14(11-13(12)5-3-4-9-17)16-21(18,19)15-8-10-20-2/h6-7,11,15-17H,4,8-10H2,1-2H3. The van der Waals surface area contributed by atoms with E-state index >= 15 is 0 Å². The van der Waals surface area contributed by atoms with Gasteiger partial charge in [0.25, 0.3) is 10.2 Å². The highest BCUT2D eigenvalue weighted by atomic mass is 32.2. The van der Waals surface area contributed by atoms with Gasteiger partial charge in [-0.05, 0) is 24.6 Å². The van der Waals surface area contributed by atoms with Crippen molar-refractivity contribution in [2.75, 3.05) is 31.6 Å². The molecule has 1 aromatic rings. The molecular weight excluding hydrogens is 292 g/mol. The molecule has 0 aromatic heterocycles. The van der Waals surface area contributed by atoms with E-state index in [1.54, 1.807) is 18.2 Å². The van der Waals surface area contributed by atoms with Gasteiger partial charge in [-0.3, -0.25) is 4.72 Å². The highest BCUT2D eigenvalue weighted by Gasteiger charge is 2.09. The summed E-state index contributed by atoms with van der Waals surface area (Å²) in [4.78, 5) is 0. The van der Waals surface area contributed by atoms with E-state index in [1.807, 2.05) is 6.92 Å². The lowest BCUT2D eigenvalue weighted by Crippen LogP contribution is -2.32. The molecular formula is C14H20N2O4S. The van der Waals surface area contributed by atoms with Crippen molar-refractivity contribution in [2.24, 2.45) is 0 Å². The molecule has 0 aliphatic rings. The lowest BCUT2D eigenvalue weighted by molar-refractivity contribution is 0.204. The lowest BCUT2D eigenvalue weighted by Gasteiger charge is -2.10. The van der Waals surface area contributed by atoms with Crippen LogP contribution in [-0.4, -0.2) is 40.4 Å². The molecule has 0 aliphatic heterocycles. The predicted octanol–water partition coefficient (Wildman–Crippen LogP) is 0.622. The summed E-state index contributed by atoms with van der Waals surface area (Å²) in [5.41, 5.74) is 2.09. The zero-order valence-corrected chi connectivity index (χ0v) is 13.0. The number of hydrogen-bond acceptors (Lipinski definition) is 4. The maximum Gasteiger partial charge on any atom is 0.299 e. The van der Waals surface area contributed by atoms with Crippen LogP contribution in [0.15, 0.2) is 18.2 Å². The monoisotopic (exact) mass is 312 g/mol. The average Bonchev–Trinajstić information content (AvgIpc) is 2.42. The number of methoxy groups -OCH3 is 1. The summed E-state index contributed by atoms with van der Waals surface area (Å²) in [6.07, 6.45) is 0.383. The summed E-state index contributed by atoms with van der Waals surface area (Å²) in [5.74, 6) is 5.72. The minimum Gasteiger partial charge on any atom is -0.395 e. The largest absolute Gasteiger partial charge is 0.395 e. The highest BCUT2D eigenvalue weighted by Crippen LogP contribution is 2.15. The van der Waals surface area contributed by atoms with Gasteiger partial charge >= 0.3 is 0 Å². The first-order valence-corrected chi connectivity index (χ1v) is 7.93. The van der Waals surface area contributed by atoms with Crippen LogP contribution < -0.4 is 9.44 Å². The van der Waals surface area contributed by atoms with E-state index in [0.29, 0.717) is 18.7 Å². The van der Waals surface area contributed by atoms with Gasteiger partial charge in [0.1, 0.15) is 0 Å². The first kappa shape index (κ1) is 17.5. The number of aliphatic hydroxyl groups excluding tert-OH is 1. The molecule has 116 valence electrons. The second-order valence-corrected chi connectivity index (χ2v) is 5.80. The van der Waals surface area contributed by atoms with Crippen LogP contribution in [0.5, 0.6) is 0 Å². The number of benzene rings is 1. The van der Waals surface area contributed by atoms with E-state index in [0.717, 1.165) is 11.1 Å². The molecule has 0 spiro atoms. The Hall–Kier alpha value is -1.59. The molecule has 0 saturated heterocycles. The third kappa shape index (κ3) is 6.60. The summed E-state index contributed by atoms with van der Waals surface area (Å²) in [7, 11) is -2.13. The van der Waals surface area contributed by atoms with Crippen molar-refractivity contribution in [1.29, 1.82) is 0 Å². The fraction of sp³-hybridized carbons (Fsp3) is 0.429. The third-order valence-corrected chi connectivity index (χ3v) is 3.64. The predicted molar refractivity (Wildman–Crippen MR) is 82.2 cm³/mol. The summed E-state index contributed by atoms with van der Waals surface area (Å²) < 4.78 is 33.1. The van der Waals surface area contributed by atoms with E-state index in [1.165, 1.54) is 7.11 Å². The number of nitrogens with one attached hydrogen (secondary N) is 2. The quantitative estimate of drug-likeness (QED) is 0.509. The molecule has 6 nitrogen and oxygen atoms in total. The summed E-state index contributed by atoms with van der Waals surface area (Å²) in [6, 6.07) is 5.12. The minimum absolute atomic E-state index is 0.00177. The number of aliphatic hydroxyl groups is 1. The number of anilines is 1. The molecule has 1 aromatic carbocycles. The van der Waals surface area contributed by atoms with Crippen LogP contribution in [0.1, 0.15) is 17.5 Å². The van der Waals surface area contributed by atoms with E-state index in [-0.39, 0.29) is 13.2 Å². The van der Waals surface area contributed by atoms with Gasteiger partial charge in [-0.1, -0.05) is 17.9 Å². The topological polar surface area (TPSA) is 87.7 Å². The van der Waals surface area contributed by atoms with Gasteiger partial charge in [-0.2, -0.15) is 13.1 Å². The molecule has 0 atom stereocenters. The zero-order valence-electron chi connectivity index (χ0n) is 12.1. The SMILES string of the molecule is COCCNS(=O)(=O)Nc1ccc(C)c(C#CCCO)c1. The maximum absolute atomic E-state index is 11.8. The Kier molecular flexibility index (Phi) is 7.19. The Balaban J connectivity index is 2.81. The van der Waals surface area contributed by atoms with Crippen molar-refractivity contribution >= 4 is 15.9 Å². The van der Waals surface area contributed by atoms with Crippen LogP contribution in [0.25, 0.3) is 0 Å². The van der Waals surface area contributed by atoms with Gasteiger partial charge < -0.3 is 9.84 Å². The van der Waals surface area contributed by atoms with Crippen molar-refractivity contribution in [3.05, 3.63) is 29.3 Å². The van der Waals surface area contributed by atoms with E-state index in [4.69, 9.17) is 9.84 Å². The zero-order chi connectivity index (χ0) is 15.7.